The standard InChI is InChI=1S/C15H32N2/c1-11(2)7-14-10-17(9-12(3)4)15(8-16-14)13(5)6/h11-16H,7-10H2,1-6H3. The van der Waals surface area contributed by atoms with Crippen LogP contribution in [-0.4, -0.2) is 36.6 Å². The molecule has 1 aliphatic heterocycles. The van der Waals surface area contributed by atoms with Gasteiger partial charge in [-0.25, -0.2) is 0 Å². The molecular weight excluding hydrogens is 208 g/mol. The molecular formula is C15H32N2. The molecule has 0 aromatic heterocycles. The van der Waals surface area contributed by atoms with Crippen LogP contribution in [0.25, 0.3) is 0 Å². The molecule has 0 spiro atoms. The van der Waals surface area contributed by atoms with Gasteiger partial charge in [0.05, 0.1) is 0 Å². The minimum absolute atomic E-state index is 0.698. The number of hydrogen-bond acceptors (Lipinski definition) is 2. The Bertz CT molecular complexity index is 211. The first-order valence-corrected chi connectivity index (χ1v) is 7.37. The van der Waals surface area contributed by atoms with Gasteiger partial charge < -0.3 is 5.32 Å². The van der Waals surface area contributed by atoms with Gasteiger partial charge in [0, 0.05) is 31.7 Å². The Kier molecular flexibility index (Phi) is 5.94. The van der Waals surface area contributed by atoms with Gasteiger partial charge in [-0.1, -0.05) is 41.5 Å². The molecule has 0 aromatic rings. The average molecular weight is 240 g/mol. The van der Waals surface area contributed by atoms with Crippen LogP contribution in [0, 0.1) is 17.8 Å². The van der Waals surface area contributed by atoms with Crippen LogP contribution in [-0.2, 0) is 0 Å². The highest BCUT2D eigenvalue weighted by Gasteiger charge is 2.30. The van der Waals surface area contributed by atoms with Crippen LogP contribution in [0.2, 0.25) is 0 Å². The van der Waals surface area contributed by atoms with Crippen molar-refractivity contribution in [1.29, 1.82) is 0 Å². The summed E-state index contributed by atoms with van der Waals surface area (Å²) in [4.78, 5) is 2.72. The van der Waals surface area contributed by atoms with E-state index in [2.05, 4.69) is 51.8 Å². The second kappa shape index (κ2) is 6.75. The fourth-order valence-electron chi connectivity index (χ4n) is 2.96. The van der Waals surface area contributed by atoms with E-state index in [9.17, 15) is 0 Å². The van der Waals surface area contributed by atoms with Crippen molar-refractivity contribution in [2.75, 3.05) is 19.6 Å². The fraction of sp³-hybridized carbons (Fsp3) is 1.00. The summed E-state index contributed by atoms with van der Waals surface area (Å²) in [5.74, 6) is 2.32. The van der Waals surface area contributed by atoms with Gasteiger partial charge >= 0.3 is 0 Å². The molecule has 1 N–H and O–H groups in total. The molecule has 0 bridgehead atoms. The summed E-state index contributed by atoms with van der Waals surface area (Å²) in [6.07, 6.45) is 1.30. The number of hydrogen-bond donors (Lipinski definition) is 1. The van der Waals surface area contributed by atoms with Crippen LogP contribution in [0.5, 0.6) is 0 Å². The Labute approximate surface area is 108 Å². The largest absolute Gasteiger partial charge is 0.311 e. The van der Waals surface area contributed by atoms with E-state index in [1.807, 2.05) is 0 Å². The van der Waals surface area contributed by atoms with E-state index < -0.39 is 0 Å². The third kappa shape index (κ3) is 4.97. The van der Waals surface area contributed by atoms with Crippen LogP contribution in [0.3, 0.4) is 0 Å². The Hall–Kier alpha value is -0.0800. The molecule has 2 atom stereocenters. The summed E-state index contributed by atoms with van der Waals surface area (Å²) in [6.45, 7) is 17.7. The van der Waals surface area contributed by atoms with Crippen molar-refractivity contribution >= 4 is 0 Å². The fourth-order valence-corrected chi connectivity index (χ4v) is 2.96. The lowest BCUT2D eigenvalue weighted by molar-refractivity contribution is 0.0809. The Balaban J connectivity index is 2.56. The second-order valence-electron chi connectivity index (χ2n) is 6.89. The molecule has 1 saturated heterocycles. The van der Waals surface area contributed by atoms with E-state index in [4.69, 9.17) is 0 Å². The van der Waals surface area contributed by atoms with Gasteiger partial charge in [0.25, 0.3) is 0 Å². The third-order valence-corrected chi connectivity index (χ3v) is 3.66. The van der Waals surface area contributed by atoms with Gasteiger partial charge in [0.2, 0.25) is 0 Å². The summed E-state index contributed by atoms with van der Waals surface area (Å²) < 4.78 is 0. The monoisotopic (exact) mass is 240 g/mol. The smallest absolute Gasteiger partial charge is 0.0244 e. The maximum absolute atomic E-state index is 3.74. The molecule has 0 radical (unpaired) electrons. The van der Waals surface area contributed by atoms with E-state index in [0.29, 0.717) is 6.04 Å². The maximum Gasteiger partial charge on any atom is 0.0244 e. The molecule has 2 heteroatoms. The summed E-state index contributed by atoms with van der Waals surface area (Å²) in [6, 6.07) is 1.42. The van der Waals surface area contributed by atoms with Crippen molar-refractivity contribution in [3.05, 3.63) is 0 Å². The number of nitrogens with one attached hydrogen (secondary N) is 1. The zero-order chi connectivity index (χ0) is 13.0. The van der Waals surface area contributed by atoms with Crippen LogP contribution in [0.15, 0.2) is 0 Å². The molecule has 1 heterocycles. The molecule has 0 aromatic carbocycles. The lowest BCUT2D eigenvalue weighted by Gasteiger charge is -2.43. The van der Waals surface area contributed by atoms with Crippen LogP contribution >= 0.6 is 0 Å². The molecule has 1 aliphatic rings. The molecule has 0 saturated carbocycles. The highest BCUT2D eigenvalue weighted by molar-refractivity contribution is 4.88. The van der Waals surface area contributed by atoms with E-state index in [-0.39, 0.29) is 0 Å². The lowest BCUT2D eigenvalue weighted by Crippen LogP contribution is -2.59. The lowest BCUT2D eigenvalue weighted by atomic mass is 9.94. The Morgan fingerprint density at radius 2 is 1.71 bits per heavy atom. The third-order valence-electron chi connectivity index (χ3n) is 3.66. The van der Waals surface area contributed by atoms with Gasteiger partial charge in [-0.2, -0.15) is 0 Å². The maximum atomic E-state index is 3.74. The quantitative estimate of drug-likeness (QED) is 0.795. The predicted molar refractivity (Wildman–Crippen MR) is 76.3 cm³/mol. The Morgan fingerprint density at radius 1 is 1.06 bits per heavy atom. The normalized spacial score (nSPS) is 27.4. The van der Waals surface area contributed by atoms with E-state index in [1.54, 1.807) is 0 Å². The van der Waals surface area contributed by atoms with Crippen LogP contribution in [0.1, 0.15) is 48.0 Å². The highest BCUT2D eigenvalue weighted by Crippen LogP contribution is 2.19. The van der Waals surface area contributed by atoms with Gasteiger partial charge in [-0.05, 0) is 24.2 Å². The van der Waals surface area contributed by atoms with Gasteiger partial charge in [0.1, 0.15) is 0 Å². The number of nitrogens with zero attached hydrogens (tertiary/aromatic N) is 1. The van der Waals surface area contributed by atoms with Gasteiger partial charge in [-0.15, -0.1) is 0 Å². The first-order chi connectivity index (χ1) is 7.90. The summed E-state index contributed by atoms with van der Waals surface area (Å²) in [7, 11) is 0. The molecule has 2 nitrogen and oxygen atoms in total. The molecule has 102 valence electrons. The van der Waals surface area contributed by atoms with Gasteiger partial charge in [0.15, 0.2) is 0 Å². The Morgan fingerprint density at radius 3 is 2.18 bits per heavy atom. The van der Waals surface area contributed by atoms with Crippen molar-refractivity contribution < 1.29 is 0 Å². The molecule has 0 aliphatic carbocycles. The van der Waals surface area contributed by atoms with Crippen molar-refractivity contribution in [1.82, 2.24) is 10.2 Å². The first-order valence-electron chi connectivity index (χ1n) is 7.37. The van der Waals surface area contributed by atoms with Crippen molar-refractivity contribution in [3.63, 3.8) is 0 Å². The summed E-state index contributed by atoms with van der Waals surface area (Å²) >= 11 is 0. The van der Waals surface area contributed by atoms with E-state index in [1.165, 1.54) is 26.1 Å². The molecule has 0 amide bonds. The topological polar surface area (TPSA) is 15.3 Å². The van der Waals surface area contributed by atoms with Crippen LogP contribution in [0.4, 0.5) is 0 Å². The minimum atomic E-state index is 0.698. The van der Waals surface area contributed by atoms with Crippen LogP contribution < -0.4 is 5.32 Å². The molecule has 17 heavy (non-hydrogen) atoms. The molecule has 1 fully saturated rings. The predicted octanol–water partition coefficient (Wildman–Crippen LogP) is 2.99. The second-order valence-corrected chi connectivity index (χ2v) is 6.89. The summed E-state index contributed by atoms with van der Waals surface area (Å²) in [5, 5.41) is 3.74. The SMILES string of the molecule is CC(C)CC1CN(CC(C)C)C(C(C)C)CN1. The average Bonchev–Trinajstić information content (AvgIpc) is 2.15. The van der Waals surface area contributed by atoms with Crippen molar-refractivity contribution in [2.45, 2.75) is 60.0 Å². The summed E-state index contributed by atoms with van der Waals surface area (Å²) in [5.41, 5.74) is 0. The van der Waals surface area contributed by atoms with Crippen molar-refractivity contribution in [3.8, 4) is 0 Å². The van der Waals surface area contributed by atoms with Crippen molar-refractivity contribution in [2.24, 2.45) is 17.8 Å². The first kappa shape index (κ1) is 15.0. The minimum Gasteiger partial charge on any atom is -0.311 e. The molecule has 1 rings (SSSR count). The number of rotatable bonds is 5. The van der Waals surface area contributed by atoms with E-state index >= 15 is 0 Å². The molecule has 2 unspecified atom stereocenters. The zero-order valence-corrected chi connectivity index (χ0v) is 12.7. The number of piperazine rings is 1. The highest BCUT2D eigenvalue weighted by atomic mass is 15.2. The zero-order valence-electron chi connectivity index (χ0n) is 12.7. The van der Waals surface area contributed by atoms with E-state index in [0.717, 1.165) is 23.8 Å². The van der Waals surface area contributed by atoms with Gasteiger partial charge in [-0.3, -0.25) is 4.90 Å².